The normalized spacial score (nSPS) is 11.9. The van der Waals surface area contributed by atoms with Crippen molar-refractivity contribution >= 4 is 48.6 Å². The third kappa shape index (κ3) is 2.15. The molecule has 20 heavy (non-hydrogen) atoms. The molecule has 0 radical (unpaired) electrons. The van der Waals surface area contributed by atoms with E-state index in [1.54, 1.807) is 29.2 Å². The SMILES string of the molecule is CNc1nc2sccn2c1S(=O)(=O)Nc1ncc(C)s1. The molecule has 0 aliphatic carbocycles. The Hall–Kier alpha value is -1.65. The summed E-state index contributed by atoms with van der Waals surface area (Å²) in [4.78, 5) is 9.80. The topological polar surface area (TPSA) is 88.4 Å². The van der Waals surface area contributed by atoms with Crippen LogP contribution in [0.5, 0.6) is 0 Å². The molecule has 3 aromatic rings. The lowest BCUT2D eigenvalue weighted by molar-refractivity contribution is 0.597. The van der Waals surface area contributed by atoms with Gasteiger partial charge in [-0.2, -0.15) is 8.42 Å². The number of aryl methyl sites for hydroxylation is 1. The predicted octanol–water partition coefficient (Wildman–Crippen LogP) is 2.00. The largest absolute Gasteiger partial charge is 0.371 e. The maximum Gasteiger partial charge on any atom is 0.283 e. The first-order valence-electron chi connectivity index (χ1n) is 5.60. The molecule has 0 aliphatic heterocycles. The zero-order valence-electron chi connectivity index (χ0n) is 10.6. The highest BCUT2D eigenvalue weighted by molar-refractivity contribution is 7.93. The van der Waals surface area contributed by atoms with Crippen LogP contribution in [0.1, 0.15) is 4.88 Å². The van der Waals surface area contributed by atoms with Crippen LogP contribution in [0.3, 0.4) is 0 Å². The van der Waals surface area contributed by atoms with Crippen molar-refractivity contribution in [3.63, 3.8) is 0 Å². The standard InChI is InChI=1S/C10H11N5O2S3/c1-6-5-12-9(19-6)14-20(16,17)8-7(11-2)13-10-15(8)3-4-18-10/h3-5,11H,1-2H3,(H,12,14). The van der Waals surface area contributed by atoms with Crippen molar-refractivity contribution < 1.29 is 8.42 Å². The molecule has 0 aliphatic rings. The van der Waals surface area contributed by atoms with E-state index in [9.17, 15) is 8.42 Å². The molecule has 0 spiro atoms. The Morgan fingerprint density at radius 2 is 2.20 bits per heavy atom. The number of nitrogens with zero attached hydrogens (tertiary/aromatic N) is 3. The summed E-state index contributed by atoms with van der Waals surface area (Å²) in [5.41, 5.74) is 0. The summed E-state index contributed by atoms with van der Waals surface area (Å²) in [5.74, 6) is 0.317. The van der Waals surface area contributed by atoms with Gasteiger partial charge in [0.2, 0.25) is 5.03 Å². The van der Waals surface area contributed by atoms with Crippen LogP contribution in [0.25, 0.3) is 4.96 Å². The lowest BCUT2D eigenvalue weighted by Crippen LogP contribution is -2.16. The van der Waals surface area contributed by atoms with Crippen molar-refractivity contribution in [3.05, 3.63) is 22.7 Å². The van der Waals surface area contributed by atoms with E-state index in [-0.39, 0.29) is 5.03 Å². The molecule has 0 aromatic carbocycles. The van der Waals surface area contributed by atoms with E-state index in [1.807, 2.05) is 6.92 Å². The molecule has 0 unspecified atom stereocenters. The number of sulfonamides is 1. The Bertz CT molecular complexity index is 861. The number of fused-ring (bicyclic) bond motifs is 1. The average Bonchev–Trinajstić information content (AvgIpc) is 3.02. The molecule has 106 valence electrons. The van der Waals surface area contributed by atoms with E-state index in [0.29, 0.717) is 15.9 Å². The fourth-order valence-corrected chi connectivity index (χ4v) is 4.72. The van der Waals surface area contributed by atoms with E-state index in [0.717, 1.165) is 4.88 Å². The van der Waals surface area contributed by atoms with Gasteiger partial charge in [-0.3, -0.25) is 9.12 Å². The van der Waals surface area contributed by atoms with Gasteiger partial charge in [-0.05, 0) is 6.92 Å². The van der Waals surface area contributed by atoms with E-state index < -0.39 is 10.0 Å². The molecular weight excluding hydrogens is 318 g/mol. The van der Waals surface area contributed by atoms with E-state index in [4.69, 9.17) is 0 Å². The lowest BCUT2D eigenvalue weighted by Gasteiger charge is -2.06. The van der Waals surface area contributed by atoms with Crippen LogP contribution in [-0.2, 0) is 10.0 Å². The quantitative estimate of drug-likeness (QED) is 0.764. The number of hydrogen-bond donors (Lipinski definition) is 2. The highest BCUT2D eigenvalue weighted by atomic mass is 32.2. The van der Waals surface area contributed by atoms with Gasteiger partial charge in [0.15, 0.2) is 15.9 Å². The van der Waals surface area contributed by atoms with Gasteiger partial charge in [0.05, 0.1) is 0 Å². The highest BCUT2D eigenvalue weighted by Crippen LogP contribution is 2.28. The van der Waals surface area contributed by atoms with Crippen LogP contribution in [-0.4, -0.2) is 29.8 Å². The van der Waals surface area contributed by atoms with Gasteiger partial charge in [0, 0.05) is 29.7 Å². The van der Waals surface area contributed by atoms with E-state index in [2.05, 4.69) is 20.0 Å². The molecule has 3 rings (SSSR count). The molecule has 2 N–H and O–H groups in total. The van der Waals surface area contributed by atoms with Crippen molar-refractivity contribution in [1.82, 2.24) is 14.4 Å². The number of anilines is 2. The summed E-state index contributed by atoms with van der Waals surface area (Å²) < 4.78 is 29.1. The smallest absolute Gasteiger partial charge is 0.283 e. The van der Waals surface area contributed by atoms with Gasteiger partial charge < -0.3 is 5.32 Å². The number of thiazole rings is 2. The maximum absolute atomic E-state index is 12.5. The Labute approximate surface area is 123 Å². The molecule has 0 fully saturated rings. The first kappa shape index (κ1) is 13.3. The second-order valence-corrected chi connectivity index (χ2v) is 7.66. The summed E-state index contributed by atoms with van der Waals surface area (Å²) in [6, 6.07) is 0. The number of hydrogen-bond acceptors (Lipinski definition) is 7. The van der Waals surface area contributed by atoms with Gasteiger partial charge in [0.1, 0.15) is 0 Å². The second kappa shape index (κ2) is 4.72. The first-order chi connectivity index (χ1) is 9.51. The van der Waals surface area contributed by atoms with Crippen molar-refractivity contribution in [2.45, 2.75) is 11.9 Å². The Kier molecular flexibility index (Phi) is 3.15. The minimum atomic E-state index is -3.75. The first-order valence-corrected chi connectivity index (χ1v) is 8.78. The highest BCUT2D eigenvalue weighted by Gasteiger charge is 2.26. The third-order valence-corrected chi connectivity index (χ3v) is 5.63. The van der Waals surface area contributed by atoms with Crippen LogP contribution in [0.4, 0.5) is 10.9 Å². The van der Waals surface area contributed by atoms with Crippen LogP contribution in [0.2, 0.25) is 0 Å². The van der Waals surface area contributed by atoms with Gasteiger partial charge in [-0.25, -0.2) is 9.97 Å². The minimum Gasteiger partial charge on any atom is -0.371 e. The molecule has 3 aromatic heterocycles. The van der Waals surface area contributed by atoms with Crippen LogP contribution in [0.15, 0.2) is 22.8 Å². The van der Waals surface area contributed by atoms with E-state index in [1.165, 1.54) is 22.7 Å². The molecule has 10 heteroatoms. The molecular formula is C10H11N5O2S3. The fraction of sp³-hybridized carbons (Fsp3) is 0.200. The fourth-order valence-electron chi connectivity index (χ4n) is 1.75. The van der Waals surface area contributed by atoms with Gasteiger partial charge in [-0.1, -0.05) is 0 Å². The van der Waals surface area contributed by atoms with Crippen molar-refractivity contribution in [3.8, 4) is 0 Å². The van der Waals surface area contributed by atoms with Crippen LogP contribution < -0.4 is 10.0 Å². The third-order valence-electron chi connectivity index (χ3n) is 2.55. The van der Waals surface area contributed by atoms with Crippen LogP contribution >= 0.6 is 22.7 Å². The summed E-state index contributed by atoms with van der Waals surface area (Å²) in [6.07, 6.45) is 3.30. The number of nitrogens with one attached hydrogen (secondary N) is 2. The summed E-state index contributed by atoms with van der Waals surface area (Å²) in [7, 11) is -2.12. The van der Waals surface area contributed by atoms with E-state index >= 15 is 0 Å². The summed E-state index contributed by atoms with van der Waals surface area (Å²) in [5, 5.41) is 5.02. The Morgan fingerprint density at radius 1 is 1.40 bits per heavy atom. The Morgan fingerprint density at radius 3 is 2.85 bits per heavy atom. The molecule has 0 amide bonds. The van der Waals surface area contributed by atoms with Gasteiger partial charge in [-0.15, -0.1) is 22.7 Å². The molecule has 0 saturated carbocycles. The monoisotopic (exact) mass is 329 g/mol. The number of aromatic nitrogens is 3. The molecule has 0 saturated heterocycles. The zero-order chi connectivity index (χ0) is 14.3. The zero-order valence-corrected chi connectivity index (χ0v) is 13.1. The number of imidazole rings is 1. The molecule has 3 heterocycles. The Balaban J connectivity index is 2.10. The summed E-state index contributed by atoms with van der Waals surface area (Å²) in [6.45, 7) is 1.87. The maximum atomic E-state index is 12.5. The van der Waals surface area contributed by atoms with Crippen molar-refractivity contribution in [2.24, 2.45) is 0 Å². The number of rotatable bonds is 4. The predicted molar refractivity (Wildman–Crippen MR) is 80.3 cm³/mol. The van der Waals surface area contributed by atoms with Gasteiger partial charge in [0.25, 0.3) is 10.0 Å². The van der Waals surface area contributed by atoms with Gasteiger partial charge >= 0.3 is 0 Å². The van der Waals surface area contributed by atoms with Crippen molar-refractivity contribution in [1.29, 1.82) is 0 Å². The second-order valence-electron chi connectivity index (χ2n) is 3.95. The molecule has 7 nitrogen and oxygen atoms in total. The average molecular weight is 329 g/mol. The molecule has 0 bridgehead atoms. The summed E-state index contributed by atoms with van der Waals surface area (Å²) >= 11 is 2.65. The van der Waals surface area contributed by atoms with Crippen molar-refractivity contribution in [2.75, 3.05) is 17.1 Å². The lowest BCUT2D eigenvalue weighted by atomic mass is 10.7. The minimum absolute atomic E-state index is 0.0871. The van der Waals surface area contributed by atoms with Crippen LogP contribution in [0, 0.1) is 6.92 Å². The molecule has 0 atom stereocenters.